The first kappa shape index (κ1) is 18.7. The van der Waals surface area contributed by atoms with Crippen molar-refractivity contribution >= 4 is 12.2 Å². The summed E-state index contributed by atoms with van der Waals surface area (Å²) in [6, 6.07) is 15.8. The molecule has 1 atom stereocenters. The summed E-state index contributed by atoms with van der Waals surface area (Å²) in [5.41, 5.74) is 1.58. The van der Waals surface area contributed by atoms with Gasteiger partial charge in [0.2, 0.25) is 0 Å². The van der Waals surface area contributed by atoms with Gasteiger partial charge in [-0.15, -0.1) is 0 Å². The van der Waals surface area contributed by atoms with Gasteiger partial charge in [-0.2, -0.15) is 0 Å². The Bertz CT molecular complexity index is 676. The lowest BCUT2D eigenvalue weighted by Gasteiger charge is -2.22. The minimum atomic E-state index is -0.515. The zero-order chi connectivity index (χ0) is 18.1. The number of carbonyl (C=O) groups is 1. The number of nitrogens with one attached hydrogen (secondary N) is 1. The number of amides is 1. The fraction of sp³-hybridized carbons (Fsp3) is 0.333. The van der Waals surface area contributed by atoms with Gasteiger partial charge in [0.05, 0.1) is 11.7 Å². The van der Waals surface area contributed by atoms with Crippen LogP contribution in [0.5, 0.6) is 0 Å². The zero-order valence-electron chi connectivity index (χ0n) is 15.1. The number of rotatable bonds is 6. The Morgan fingerprint density at radius 3 is 2.52 bits per heavy atom. The van der Waals surface area contributed by atoms with E-state index in [1.54, 1.807) is 6.20 Å². The van der Waals surface area contributed by atoms with E-state index < -0.39 is 11.7 Å². The van der Waals surface area contributed by atoms with Crippen LogP contribution in [0, 0.1) is 0 Å². The Balaban J connectivity index is 2.02. The molecule has 1 amide bonds. The standard InChI is InChI=1S/C21H26N2O2/c1-21(2,3)25-20(24)23-19(13-12-17-9-5-4-6-10-17)15-14-18-11-7-8-16-22-18/h4-11,14-16,19H,12-13H2,1-3H3,(H,23,24)/b15-14+/t19-/m0/s1. The number of ether oxygens (including phenoxy) is 1. The summed E-state index contributed by atoms with van der Waals surface area (Å²) in [7, 11) is 0. The maximum absolute atomic E-state index is 12.1. The monoisotopic (exact) mass is 338 g/mol. The van der Waals surface area contributed by atoms with Gasteiger partial charge in [0, 0.05) is 6.20 Å². The maximum atomic E-state index is 12.1. The van der Waals surface area contributed by atoms with Crippen molar-refractivity contribution in [2.45, 2.75) is 45.3 Å². The molecule has 1 heterocycles. The Morgan fingerprint density at radius 1 is 1.16 bits per heavy atom. The van der Waals surface area contributed by atoms with Gasteiger partial charge < -0.3 is 10.1 Å². The average Bonchev–Trinajstić information content (AvgIpc) is 2.57. The van der Waals surface area contributed by atoms with Crippen molar-refractivity contribution in [3.63, 3.8) is 0 Å². The van der Waals surface area contributed by atoms with E-state index in [9.17, 15) is 4.79 Å². The molecule has 132 valence electrons. The number of benzene rings is 1. The smallest absolute Gasteiger partial charge is 0.408 e. The van der Waals surface area contributed by atoms with Crippen molar-refractivity contribution in [2.75, 3.05) is 0 Å². The lowest BCUT2D eigenvalue weighted by atomic mass is 10.0. The van der Waals surface area contributed by atoms with Crippen molar-refractivity contribution in [1.29, 1.82) is 0 Å². The minimum absolute atomic E-state index is 0.128. The second-order valence-electron chi connectivity index (χ2n) is 6.89. The molecule has 0 aliphatic rings. The molecule has 1 aromatic carbocycles. The van der Waals surface area contributed by atoms with Gasteiger partial charge in [0.25, 0.3) is 0 Å². The molecule has 2 rings (SSSR count). The van der Waals surface area contributed by atoms with Crippen LogP contribution in [0.1, 0.15) is 38.4 Å². The van der Waals surface area contributed by atoms with Crippen LogP contribution < -0.4 is 5.32 Å². The van der Waals surface area contributed by atoms with Crippen molar-refractivity contribution in [2.24, 2.45) is 0 Å². The van der Waals surface area contributed by atoms with E-state index in [2.05, 4.69) is 22.4 Å². The van der Waals surface area contributed by atoms with Gasteiger partial charge in [-0.1, -0.05) is 42.5 Å². The molecule has 0 radical (unpaired) electrons. The van der Waals surface area contributed by atoms with Crippen LogP contribution >= 0.6 is 0 Å². The highest BCUT2D eigenvalue weighted by Gasteiger charge is 2.18. The summed E-state index contributed by atoms with van der Waals surface area (Å²) < 4.78 is 5.37. The van der Waals surface area contributed by atoms with E-state index in [1.165, 1.54) is 5.56 Å². The molecular weight excluding hydrogens is 312 g/mol. The zero-order valence-corrected chi connectivity index (χ0v) is 15.1. The summed E-state index contributed by atoms with van der Waals surface area (Å²) in [6.45, 7) is 5.57. The summed E-state index contributed by atoms with van der Waals surface area (Å²) in [5, 5.41) is 2.94. The molecule has 0 aliphatic carbocycles. The number of hydrogen-bond donors (Lipinski definition) is 1. The second kappa shape index (κ2) is 9.02. The van der Waals surface area contributed by atoms with Gasteiger partial charge in [0.15, 0.2) is 0 Å². The van der Waals surface area contributed by atoms with E-state index >= 15 is 0 Å². The van der Waals surface area contributed by atoms with Gasteiger partial charge in [0.1, 0.15) is 5.60 Å². The molecule has 0 aliphatic heterocycles. The first-order chi connectivity index (χ1) is 11.9. The molecule has 0 fully saturated rings. The quantitative estimate of drug-likeness (QED) is 0.836. The molecule has 25 heavy (non-hydrogen) atoms. The molecule has 0 saturated heterocycles. The van der Waals surface area contributed by atoms with Crippen LogP contribution in [-0.4, -0.2) is 22.7 Å². The molecular formula is C21H26N2O2. The van der Waals surface area contributed by atoms with E-state index in [-0.39, 0.29) is 6.04 Å². The van der Waals surface area contributed by atoms with Crippen LogP contribution in [0.15, 0.2) is 60.8 Å². The number of hydrogen-bond acceptors (Lipinski definition) is 3. The third-order valence-electron chi connectivity index (χ3n) is 3.48. The number of pyridine rings is 1. The predicted octanol–water partition coefficient (Wildman–Crippen LogP) is 4.62. The van der Waals surface area contributed by atoms with Gasteiger partial charge in [-0.05, 0) is 57.4 Å². The highest BCUT2D eigenvalue weighted by atomic mass is 16.6. The van der Waals surface area contributed by atoms with E-state index in [0.29, 0.717) is 0 Å². The van der Waals surface area contributed by atoms with Crippen molar-refractivity contribution in [1.82, 2.24) is 10.3 Å². The maximum Gasteiger partial charge on any atom is 0.408 e. The molecule has 1 N–H and O–H groups in total. The lowest BCUT2D eigenvalue weighted by Crippen LogP contribution is -2.38. The highest BCUT2D eigenvalue weighted by Crippen LogP contribution is 2.10. The molecule has 0 bridgehead atoms. The molecule has 4 nitrogen and oxygen atoms in total. The first-order valence-electron chi connectivity index (χ1n) is 8.55. The molecule has 0 saturated carbocycles. The average molecular weight is 338 g/mol. The van der Waals surface area contributed by atoms with E-state index in [1.807, 2.05) is 69.3 Å². The van der Waals surface area contributed by atoms with Crippen molar-refractivity contribution in [3.8, 4) is 0 Å². The summed E-state index contributed by atoms with van der Waals surface area (Å²) in [6.07, 6.45) is 6.89. The molecule has 0 spiro atoms. The molecule has 2 aromatic rings. The number of alkyl carbamates (subject to hydrolysis) is 1. The Morgan fingerprint density at radius 2 is 1.88 bits per heavy atom. The largest absolute Gasteiger partial charge is 0.444 e. The Labute approximate surface area is 149 Å². The molecule has 1 aromatic heterocycles. The second-order valence-corrected chi connectivity index (χ2v) is 6.89. The summed E-state index contributed by atoms with van der Waals surface area (Å²) in [4.78, 5) is 16.4. The predicted molar refractivity (Wildman–Crippen MR) is 101 cm³/mol. The molecule has 0 unspecified atom stereocenters. The molecule has 4 heteroatoms. The fourth-order valence-corrected chi connectivity index (χ4v) is 2.33. The van der Waals surface area contributed by atoms with Crippen molar-refractivity contribution in [3.05, 3.63) is 72.1 Å². The summed E-state index contributed by atoms with van der Waals surface area (Å²) >= 11 is 0. The lowest BCUT2D eigenvalue weighted by molar-refractivity contribution is 0.0513. The number of carbonyl (C=O) groups excluding carboxylic acids is 1. The Hall–Kier alpha value is -2.62. The number of nitrogens with zero attached hydrogens (tertiary/aromatic N) is 1. The van der Waals surface area contributed by atoms with Crippen molar-refractivity contribution < 1.29 is 9.53 Å². The highest BCUT2D eigenvalue weighted by molar-refractivity contribution is 5.68. The topological polar surface area (TPSA) is 51.2 Å². The normalized spacial score (nSPS) is 12.8. The van der Waals surface area contributed by atoms with Crippen LogP contribution in [0.2, 0.25) is 0 Å². The van der Waals surface area contributed by atoms with Gasteiger partial charge >= 0.3 is 6.09 Å². The van der Waals surface area contributed by atoms with Crippen LogP contribution in [-0.2, 0) is 11.2 Å². The Kier molecular flexibility index (Phi) is 6.75. The van der Waals surface area contributed by atoms with E-state index in [4.69, 9.17) is 4.74 Å². The van der Waals surface area contributed by atoms with Gasteiger partial charge in [-0.25, -0.2) is 4.79 Å². The third-order valence-corrected chi connectivity index (χ3v) is 3.48. The van der Waals surface area contributed by atoms with Crippen LogP contribution in [0.4, 0.5) is 4.79 Å². The van der Waals surface area contributed by atoms with Gasteiger partial charge in [-0.3, -0.25) is 4.98 Å². The summed E-state index contributed by atoms with van der Waals surface area (Å²) in [5.74, 6) is 0. The SMILES string of the molecule is CC(C)(C)OC(=O)N[C@H](/C=C/c1ccccn1)CCc1ccccc1. The third kappa shape index (κ3) is 7.66. The first-order valence-corrected chi connectivity index (χ1v) is 8.55. The fourth-order valence-electron chi connectivity index (χ4n) is 2.33. The van der Waals surface area contributed by atoms with Crippen LogP contribution in [0.3, 0.4) is 0 Å². The minimum Gasteiger partial charge on any atom is -0.444 e. The number of aromatic nitrogens is 1. The van der Waals surface area contributed by atoms with Crippen LogP contribution in [0.25, 0.3) is 6.08 Å². The number of aryl methyl sites for hydroxylation is 1. The van der Waals surface area contributed by atoms with E-state index in [0.717, 1.165) is 18.5 Å².